The minimum Gasteiger partial charge on any atom is -0.748 e. The van der Waals surface area contributed by atoms with Crippen LogP contribution in [0, 0.1) is 0 Å². The van der Waals surface area contributed by atoms with Gasteiger partial charge in [0.2, 0.25) is 0 Å². The third kappa shape index (κ3) is 44.6. The van der Waals surface area contributed by atoms with Crippen molar-refractivity contribution in [1.29, 1.82) is 0 Å². The molecule has 2 aliphatic rings. The van der Waals surface area contributed by atoms with Crippen molar-refractivity contribution in [3.05, 3.63) is 88.5 Å². The molecule has 582 valence electrons. The monoisotopic (exact) mass is 1490 g/mol. The van der Waals surface area contributed by atoms with Gasteiger partial charge in [-0.15, -0.1) is 0 Å². The minimum absolute atomic E-state index is 0. The number of carboxylic acids is 4. The second-order valence-electron chi connectivity index (χ2n) is 27.4. The molecule has 3 aromatic rings. The number of unbranched alkanes of at least 4 members (excludes halogenated alkanes) is 27. The van der Waals surface area contributed by atoms with Crippen LogP contribution in [0.2, 0.25) is 0 Å². The molecule has 2 aliphatic heterocycles. The van der Waals surface area contributed by atoms with Gasteiger partial charge in [-0.1, -0.05) is 218 Å². The van der Waals surface area contributed by atoms with E-state index in [1.54, 1.807) is 0 Å². The number of benzene rings is 3. The van der Waals surface area contributed by atoms with Crippen molar-refractivity contribution in [3.63, 3.8) is 0 Å². The molecule has 5 rings (SSSR count). The Morgan fingerprint density at radius 1 is 0.462 bits per heavy atom. The fourth-order valence-electron chi connectivity index (χ4n) is 12.3. The van der Waals surface area contributed by atoms with Crippen molar-refractivity contribution in [1.82, 2.24) is 16.0 Å². The van der Waals surface area contributed by atoms with Crippen molar-refractivity contribution in [2.75, 3.05) is 25.5 Å². The fraction of sp³-hybridized carbons (Fsp3) is 0.684. The molecule has 104 heavy (non-hydrogen) atoms. The van der Waals surface area contributed by atoms with Gasteiger partial charge in [0.25, 0.3) is 0 Å². The van der Waals surface area contributed by atoms with E-state index in [1.165, 1.54) is 141 Å². The summed E-state index contributed by atoms with van der Waals surface area (Å²) in [5, 5.41) is 43.2. The second-order valence-corrected chi connectivity index (χ2v) is 28.9. The molecule has 0 aliphatic carbocycles. The normalized spacial score (nSPS) is 13.4. The SMILES string of the molecule is CCCCCCCCCCCCC(OC(=O)NC(CC(=O)O)C(=O)O)c1ccc2c(c1)CCO2.CCCCCCCCCCCCC(OC(=O)NC(CCC(=O)O)C(=O)O)c1ccc2c(c1)CCO2.CCCCCCCCCCCCC(OC(=O)NCCCS(=O)(=O)[O-])c1ccc(OC(C)C)cc1.[Na+]. The van der Waals surface area contributed by atoms with Crippen LogP contribution < -0.4 is 59.7 Å². The Morgan fingerprint density at radius 2 is 0.817 bits per heavy atom. The van der Waals surface area contributed by atoms with E-state index >= 15 is 0 Å². The Morgan fingerprint density at radius 3 is 1.17 bits per heavy atom. The quantitative estimate of drug-likeness (QED) is 0.0119. The van der Waals surface area contributed by atoms with Gasteiger partial charge in [-0.25, -0.2) is 32.4 Å². The second kappa shape index (κ2) is 56.9. The number of amides is 3. The third-order valence-electron chi connectivity index (χ3n) is 18.0. The number of alkyl carbamates (subject to hydrolysis) is 3. The first-order valence-corrected chi connectivity index (χ1v) is 40.1. The van der Waals surface area contributed by atoms with Crippen LogP contribution in [0.4, 0.5) is 14.4 Å². The van der Waals surface area contributed by atoms with E-state index in [2.05, 4.69) is 36.7 Å². The Balaban J connectivity index is 0.000000528. The Bertz CT molecular complexity index is 3010. The summed E-state index contributed by atoms with van der Waals surface area (Å²) in [5.41, 5.74) is 4.72. The molecule has 0 radical (unpaired) electrons. The van der Waals surface area contributed by atoms with E-state index in [9.17, 15) is 56.7 Å². The number of rotatable bonds is 54. The van der Waals surface area contributed by atoms with Crippen LogP contribution in [0.3, 0.4) is 0 Å². The van der Waals surface area contributed by atoms with Gasteiger partial charge >= 0.3 is 71.7 Å². The number of hydrogen-bond donors (Lipinski definition) is 7. The standard InChI is InChI=1S/C27H41NO7.C26H39NO7.C26H45NO6S.Na/c1-2-3-4-5-6-7-8-9-10-11-12-24(20-13-15-23-21(19-20)17-18-34-23)35-27(33)28-22(26(31)32)14-16-25(29)30;1-2-3-4-5-6-7-8-9-10-11-12-23(19-13-14-22-20(17-19)15-16-33-22)34-26(32)27-21(25(30)31)18-24(28)29;1-4-5-6-7-8-9-10-11-12-13-15-25(23-16-18-24(19-17-23)32-22(2)3)33-26(28)27-20-14-21-34(29,30)31;/h13,15,19,22,24H,2-12,14,16-18H2,1H3,(H,28,33)(H,29,30)(H,31,32);13-14,17,21,23H,2-12,15-16,18H2,1H3,(H,27,32)(H,28,29)(H,30,31);16-19,22,25H,4-15,20-21H2,1-3H3,(H,27,28)(H,29,30,31);/q;;;+1/p-1. The van der Waals surface area contributed by atoms with Crippen LogP contribution in [-0.2, 0) is 56.3 Å². The van der Waals surface area contributed by atoms with Gasteiger partial charge in [-0.3, -0.25) is 9.59 Å². The minimum atomic E-state index is -4.28. The van der Waals surface area contributed by atoms with Crippen molar-refractivity contribution >= 4 is 52.3 Å². The van der Waals surface area contributed by atoms with E-state index in [-0.39, 0.29) is 61.5 Å². The summed E-state index contributed by atoms with van der Waals surface area (Å²) in [4.78, 5) is 81.6. The number of aliphatic carboxylic acids is 4. The van der Waals surface area contributed by atoms with Crippen LogP contribution in [0.1, 0.15) is 318 Å². The first kappa shape index (κ1) is 93.7. The summed E-state index contributed by atoms with van der Waals surface area (Å²) in [6, 6.07) is 16.2. The van der Waals surface area contributed by atoms with E-state index in [4.69, 9.17) is 38.6 Å². The van der Waals surface area contributed by atoms with Crippen LogP contribution >= 0.6 is 0 Å². The summed E-state index contributed by atoms with van der Waals surface area (Å²) in [6.07, 6.45) is 34.9. The summed E-state index contributed by atoms with van der Waals surface area (Å²) in [5.74, 6) is -3.20. The number of carboxylic acid groups (broad SMARTS) is 4. The van der Waals surface area contributed by atoms with E-state index < -0.39 is 94.8 Å². The van der Waals surface area contributed by atoms with Gasteiger partial charge in [0, 0.05) is 31.6 Å². The molecule has 0 saturated carbocycles. The van der Waals surface area contributed by atoms with E-state index in [1.807, 2.05) is 74.5 Å². The summed E-state index contributed by atoms with van der Waals surface area (Å²) in [6.45, 7) is 11.9. The Kier molecular flexibility index (Phi) is 51.3. The maximum atomic E-state index is 12.5. The van der Waals surface area contributed by atoms with Crippen molar-refractivity contribution < 1.29 is 125 Å². The number of nitrogens with one attached hydrogen (secondary N) is 3. The first-order chi connectivity index (χ1) is 49.5. The smallest absolute Gasteiger partial charge is 0.748 e. The van der Waals surface area contributed by atoms with Crippen LogP contribution in [0.15, 0.2) is 60.7 Å². The molecule has 2 heterocycles. The first-order valence-electron chi connectivity index (χ1n) is 38.5. The van der Waals surface area contributed by atoms with Gasteiger partial charge in [0.15, 0.2) is 0 Å². The third-order valence-corrected chi connectivity index (χ3v) is 18.8. The van der Waals surface area contributed by atoms with E-state index in [0.717, 1.165) is 109 Å². The number of ether oxygens (including phenoxy) is 6. The molecule has 3 aromatic carbocycles. The molecule has 0 saturated heterocycles. The largest absolute Gasteiger partial charge is 1.00 e. The molecular formula is C79H124N3NaO20S. The predicted octanol–water partition coefficient (Wildman–Crippen LogP) is 15.1. The zero-order valence-electron chi connectivity index (χ0n) is 63.4. The maximum Gasteiger partial charge on any atom is 1.00 e. The van der Waals surface area contributed by atoms with Crippen molar-refractivity contribution in [2.45, 2.75) is 322 Å². The zero-order chi connectivity index (χ0) is 75.5. The average molecular weight is 1490 g/mol. The molecule has 0 spiro atoms. The molecule has 0 fully saturated rings. The molecule has 5 unspecified atom stereocenters. The van der Waals surface area contributed by atoms with Gasteiger partial charge < -0.3 is 69.4 Å². The molecule has 5 atom stereocenters. The molecule has 3 amide bonds. The number of carbonyl (C=O) groups excluding carboxylic acids is 3. The van der Waals surface area contributed by atoms with Crippen molar-refractivity contribution in [3.8, 4) is 17.2 Å². The molecule has 25 heteroatoms. The van der Waals surface area contributed by atoms with Gasteiger partial charge in [-0.2, -0.15) is 0 Å². The molecular weight excluding hydrogens is 1370 g/mol. The molecule has 7 N–H and O–H groups in total. The zero-order valence-corrected chi connectivity index (χ0v) is 66.2. The number of hydrogen-bond acceptors (Lipinski definition) is 16. The number of fused-ring (bicyclic) bond motifs is 2. The summed E-state index contributed by atoms with van der Waals surface area (Å²) >= 11 is 0. The van der Waals surface area contributed by atoms with Gasteiger partial charge in [-0.05, 0) is 129 Å². The molecule has 0 bridgehead atoms. The average Bonchev–Trinajstić information content (AvgIpc) is 1.61. The van der Waals surface area contributed by atoms with Gasteiger partial charge in [0.05, 0.1) is 35.9 Å². The Hall–Kier alpha value is -6.34. The number of carbonyl (C=O) groups is 7. The van der Waals surface area contributed by atoms with E-state index in [0.29, 0.717) is 32.5 Å². The van der Waals surface area contributed by atoms with Gasteiger partial charge in [0.1, 0.15) is 47.6 Å². The fourth-order valence-corrected chi connectivity index (χ4v) is 12.8. The Labute approximate surface area is 641 Å². The van der Waals surface area contributed by atoms with Crippen LogP contribution in [0.25, 0.3) is 0 Å². The maximum absolute atomic E-state index is 12.5. The topological polar surface area (TPSA) is 349 Å². The molecule has 23 nitrogen and oxygen atoms in total. The summed E-state index contributed by atoms with van der Waals surface area (Å²) < 4.78 is 65.8. The van der Waals surface area contributed by atoms with Crippen LogP contribution in [-0.4, -0.2) is 119 Å². The van der Waals surface area contributed by atoms with Crippen LogP contribution in [0.5, 0.6) is 17.2 Å². The van der Waals surface area contributed by atoms with Crippen molar-refractivity contribution in [2.24, 2.45) is 0 Å². The summed E-state index contributed by atoms with van der Waals surface area (Å²) in [7, 11) is -4.28. The predicted molar refractivity (Wildman–Crippen MR) is 396 cm³/mol. The molecule has 0 aromatic heterocycles.